The minimum atomic E-state index is -0.347. The summed E-state index contributed by atoms with van der Waals surface area (Å²) in [5.74, 6) is 2.71. The van der Waals surface area contributed by atoms with Gasteiger partial charge in [-0.2, -0.15) is 0 Å². The first kappa shape index (κ1) is 27.5. The van der Waals surface area contributed by atoms with Crippen molar-refractivity contribution in [2.24, 2.45) is 34.8 Å². The van der Waals surface area contributed by atoms with Crippen LogP contribution in [0, 0.1) is 29.1 Å². The predicted molar refractivity (Wildman–Crippen MR) is 166 cm³/mol. The van der Waals surface area contributed by atoms with Gasteiger partial charge in [0, 0.05) is 57.3 Å². The number of urea groups is 1. The Labute approximate surface area is 249 Å². The van der Waals surface area contributed by atoms with Crippen LogP contribution < -0.4 is 25.8 Å². The fourth-order valence-electron chi connectivity index (χ4n) is 9.02. The number of nitrogens with one attached hydrogen (secondary N) is 1. The van der Waals surface area contributed by atoms with Crippen molar-refractivity contribution in [3.63, 3.8) is 0 Å². The average Bonchev–Trinajstić information content (AvgIpc) is 2.98. The van der Waals surface area contributed by atoms with Crippen LogP contribution >= 0.6 is 0 Å². The van der Waals surface area contributed by atoms with Crippen LogP contribution in [-0.4, -0.2) is 73.7 Å². The Bertz CT molecular complexity index is 1310. The number of piperazine rings is 1. The van der Waals surface area contributed by atoms with Gasteiger partial charge in [0.2, 0.25) is 5.91 Å². The SMILES string of the molecule is CC(C)CN1CCN(c2ccc(N3CCN(C(=O)NC4C5CC6CC4CC(C(N)=O)(C6)C5)c4ccccc43)nc2)CC1. The molecule has 1 aromatic heterocycles. The maximum absolute atomic E-state index is 13.8. The molecule has 4 saturated carbocycles. The van der Waals surface area contributed by atoms with E-state index in [1.807, 2.05) is 29.3 Å². The van der Waals surface area contributed by atoms with Crippen molar-refractivity contribution in [1.82, 2.24) is 15.2 Å². The van der Waals surface area contributed by atoms with Gasteiger partial charge in [0.1, 0.15) is 5.82 Å². The third kappa shape index (κ3) is 4.89. The number of aromatic nitrogens is 1. The average molecular weight is 572 g/mol. The first-order valence-electron chi connectivity index (χ1n) is 16.0. The molecule has 1 aromatic carbocycles. The third-order valence-corrected chi connectivity index (χ3v) is 10.7. The summed E-state index contributed by atoms with van der Waals surface area (Å²) in [5.41, 5.74) is 8.62. The van der Waals surface area contributed by atoms with E-state index < -0.39 is 0 Å². The number of pyridine rings is 1. The Hall–Kier alpha value is -3.33. The summed E-state index contributed by atoms with van der Waals surface area (Å²) in [6.45, 7) is 11.2. The van der Waals surface area contributed by atoms with Crippen LogP contribution in [0.4, 0.5) is 27.7 Å². The van der Waals surface area contributed by atoms with Crippen LogP contribution in [0.2, 0.25) is 0 Å². The topological polar surface area (TPSA) is 98.0 Å². The Balaban J connectivity index is 1.03. The summed E-state index contributed by atoms with van der Waals surface area (Å²) in [6, 6.07) is 12.5. The van der Waals surface area contributed by atoms with Crippen LogP contribution in [0.3, 0.4) is 0 Å². The molecular weight excluding hydrogens is 526 g/mol. The number of fused-ring (bicyclic) bond motifs is 1. The molecule has 3 N–H and O–H groups in total. The molecule has 1 saturated heterocycles. The van der Waals surface area contributed by atoms with Gasteiger partial charge in [0.05, 0.1) is 23.3 Å². The molecule has 42 heavy (non-hydrogen) atoms. The van der Waals surface area contributed by atoms with E-state index in [4.69, 9.17) is 10.7 Å². The van der Waals surface area contributed by atoms with Crippen LogP contribution in [0.15, 0.2) is 42.6 Å². The summed E-state index contributed by atoms with van der Waals surface area (Å²) >= 11 is 0. The summed E-state index contributed by atoms with van der Waals surface area (Å²) in [4.78, 5) is 40.2. The molecule has 9 nitrogen and oxygen atoms in total. The molecule has 6 aliphatic rings. The molecule has 2 aliphatic heterocycles. The highest BCUT2D eigenvalue weighted by atomic mass is 16.2. The van der Waals surface area contributed by atoms with Crippen LogP contribution in [0.5, 0.6) is 0 Å². The third-order valence-electron chi connectivity index (χ3n) is 10.7. The lowest BCUT2D eigenvalue weighted by Crippen LogP contribution is -2.63. The number of hydrogen-bond donors (Lipinski definition) is 2. The number of primary amides is 1. The van der Waals surface area contributed by atoms with Gasteiger partial charge in [-0.15, -0.1) is 0 Å². The molecule has 224 valence electrons. The molecule has 3 amide bonds. The second-order valence-electron chi connectivity index (χ2n) is 13.9. The minimum absolute atomic E-state index is 0.0346. The molecule has 2 aromatic rings. The van der Waals surface area contributed by atoms with Crippen LogP contribution in [0.25, 0.3) is 0 Å². The molecule has 0 radical (unpaired) electrons. The minimum Gasteiger partial charge on any atom is -0.369 e. The fraction of sp³-hybridized carbons (Fsp3) is 0.606. The first-order valence-corrected chi connectivity index (χ1v) is 16.0. The number of carbonyl (C=O) groups is 2. The summed E-state index contributed by atoms with van der Waals surface area (Å²) in [6.07, 6.45) is 6.77. The molecule has 0 spiro atoms. The smallest absolute Gasteiger partial charge is 0.322 e. The van der Waals surface area contributed by atoms with E-state index in [-0.39, 0.29) is 23.4 Å². The lowest BCUT2D eigenvalue weighted by molar-refractivity contribution is -0.145. The molecule has 2 atom stereocenters. The van der Waals surface area contributed by atoms with E-state index in [0.29, 0.717) is 36.8 Å². The van der Waals surface area contributed by atoms with Crippen molar-refractivity contribution in [2.45, 2.75) is 52.0 Å². The number of hydrogen-bond acceptors (Lipinski definition) is 6. The standard InChI is InChI=1S/C33H45N7O2/c1-22(2)21-37-9-11-38(12-10-37)26-7-8-29(35-20-26)39-13-14-40(28-6-4-3-5-27(28)39)32(42)36-30-24-15-23-16-25(30)19-33(17-23,18-24)31(34)41/h3-8,20,22-25,30H,9-19,21H2,1-2H3,(H2,34,41)(H,36,42). The molecule has 9 heteroatoms. The van der Waals surface area contributed by atoms with E-state index >= 15 is 0 Å². The van der Waals surface area contributed by atoms with Gasteiger partial charge in [0.15, 0.2) is 0 Å². The van der Waals surface area contributed by atoms with Crippen molar-refractivity contribution in [1.29, 1.82) is 0 Å². The predicted octanol–water partition coefficient (Wildman–Crippen LogP) is 4.21. The lowest BCUT2D eigenvalue weighted by atomic mass is 9.47. The Morgan fingerprint density at radius 3 is 2.31 bits per heavy atom. The van der Waals surface area contributed by atoms with Gasteiger partial charge in [-0.05, 0) is 80.0 Å². The first-order chi connectivity index (χ1) is 20.3. The Kier molecular flexibility index (Phi) is 7.03. The maximum Gasteiger partial charge on any atom is 0.322 e. The van der Waals surface area contributed by atoms with Crippen molar-refractivity contribution >= 4 is 34.8 Å². The monoisotopic (exact) mass is 571 g/mol. The maximum atomic E-state index is 13.8. The second-order valence-corrected chi connectivity index (χ2v) is 13.9. The molecule has 2 unspecified atom stereocenters. The van der Waals surface area contributed by atoms with E-state index in [1.54, 1.807) is 0 Å². The number of para-hydroxylation sites is 2. The van der Waals surface area contributed by atoms with E-state index in [0.717, 1.165) is 82.0 Å². The molecule has 4 aliphatic carbocycles. The number of anilines is 4. The van der Waals surface area contributed by atoms with Gasteiger partial charge in [-0.3, -0.25) is 14.6 Å². The van der Waals surface area contributed by atoms with Crippen molar-refractivity contribution in [2.75, 3.05) is 60.5 Å². The molecular formula is C33H45N7O2. The van der Waals surface area contributed by atoms with Crippen LogP contribution in [0.1, 0.15) is 46.0 Å². The number of benzene rings is 1. The largest absolute Gasteiger partial charge is 0.369 e. The van der Waals surface area contributed by atoms with E-state index in [2.05, 4.69) is 52.1 Å². The summed E-state index contributed by atoms with van der Waals surface area (Å²) < 4.78 is 0. The highest BCUT2D eigenvalue weighted by Crippen LogP contribution is 2.60. The zero-order chi connectivity index (χ0) is 29.0. The van der Waals surface area contributed by atoms with Gasteiger partial charge in [0.25, 0.3) is 0 Å². The quantitative estimate of drug-likeness (QED) is 0.539. The van der Waals surface area contributed by atoms with Gasteiger partial charge < -0.3 is 20.9 Å². The van der Waals surface area contributed by atoms with Crippen LogP contribution in [-0.2, 0) is 4.79 Å². The van der Waals surface area contributed by atoms with E-state index in [9.17, 15) is 9.59 Å². The zero-order valence-corrected chi connectivity index (χ0v) is 25.0. The fourth-order valence-corrected chi connectivity index (χ4v) is 9.02. The van der Waals surface area contributed by atoms with Crippen molar-refractivity contribution < 1.29 is 9.59 Å². The normalized spacial score (nSPS) is 30.5. The molecule has 8 rings (SSSR count). The highest BCUT2D eigenvalue weighted by Gasteiger charge is 2.58. The number of rotatable bonds is 6. The Morgan fingerprint density at radius 2 is 1.67 bits per heavy atom. The molecule has 3 heterocycles. The molecule has 5 fully saturated rings. The van der Waals surface area contributed by atoms with Gasteiger partial charge >= 0.3 is 6.03 Å². The van der Waals surface area contributed by atoms with Gasteiger partial charge in [-0.25, -0.2) is 9.78 Å². The van der Waals surface area contributed by atoms with Gasteiger partial charge in [-0.1, -0.05) is 26.0 Å². The highest BCUT2D eigenvalue weighted by molar-refractivity contribution is 5.98. The number of carbonyl (C=O) groups excluding carboxylic acids is 2. The Morgan fingerprint density at radius 1 is 0.952 bits per heavy atom. The summed E-state index contributed by atoms with van der Waals surface area (Å²) in [5, 5.41) is 3.43. The lowest BCUT2D eigenvalue weighted by Gasteiger charge is -2.59. The summed E-state index contributed by atoms with van der Waals surface area (Å²) in [7, 11) is 0. The second kappa shape index (κ2) is 10.7. The van der Waals surface area contributed by atoms with E-state index in [1.165, 1.54) is 5.69 Å². The zero-order valence-electron chi connectivity index (χ0n) is 25.0. The van der Waals surface area contributed by atoms with Crippen molar-refractivity contribution in [3.05, 3.63) is 42.6 Å². The number of nitrogens with two attached hydrogens (primary N) is 1. The van der Waals surface area contributed by atoms with Crippen molar-refractivity contribution in [3.8, 4) is 0 Å². The number of amides is 3. The molecule has 4 bridgehead atoms. The number of nitrogens with zero attached hydrogens (tertiary/aromatic N) is 5.